The predicted molar refractivity (Wildman–Crippen MR) is 123 cm³/mol. The molecule has 0 aromatic rings. The summed E-state index contributed by atoms with van der Waals surface area (Å²) in [6.07, 6.45) is 3.32. The number of carbonyl (C=O) groups excluding carboxylic acids is 1. The van der Waals surface area contributed by atoms with Gasteiger partial charge in [-0.2, -0.15) is 0 Å². The van der Waals surface area contributed by atoms with Crippen LogP contribution >= 0.6 is 24.0 Å². The Balaban J connectivity index is 0.00000676. The molecule has 7 nitrogen and oxygen atoms in total. The normalized spacial score (nSPS) is 16.4. The SMILES string of the molecule is CCNC(=NCCC1CCN(CC)CC1)NCCNC(=O)OC(C)(C)C.I. The van der Waals surface area contributed by atoms with E-state index in [-0.39, 0.29) is 30.1 Å². The Kier molecular flexibility index (Phi) is 13.9. The van der Waals surface area contributed by atoms with E-state index < -0.39 is 5.60 Å². The molecule has 1 saturated heterocycles. The molecule has 1 aliphatic rings. The second-order valence-electron chi connectivity index (χ2n) is 7.78. The van der Waals surface area contributed by atoms with Crippen LogP contribution in [0.3, 0.4) is 0 Å². The maximum Gasteiger partial charge on any atom is 0.407 e. The number of hydrogen-bond acceptors (Lipinski definition) is 4. The highest BCUT2D eigenvalue weighted by Crippen LogP contribution is 2.19. The van der Waals surface area contributed by atoms with Crippen LogP contribution < -0.4 is 16.0 Å². The number of halogens is 1. The summed E-state index contributed by atoms with van der Waals surface area (Å²) in [5.41, 5.74) is -0.471. The number of likely N-dealkylation sites (tertiary alicyclic amines) is 1. The Bertz CT molecular complexity index is 432. The van der Waals surface area contributed by atoms with Gasteiger partial charge in [0.25, 0.3) is 0 Å². The molecule has 0 aromatic heterocycles. The quantitative estimate of drug-likeness (QED) is 0.208. The van der Waals surface area contributed by atoms with Gasteiger partial charge in [0.2, 0.25) is 0 Å². The fourth-order valence-corrected chi connectivity index (χ4v) is 2.95. The Morgan fingerprint density at radius 3 is 2.30 bits per heavy atom. The molecule has 0 atom stereocenters. The molecule has 1 heterocycles. The van der Waals surface area contributed by atoms with Crippen LogP contribution in [0.5, 0.6) is 0 Å². The zero-order valence-corrected chi connectivity index (χ0v) is 20.1. The molecule has 1 amide bonds. The number of nitrogens with zero attached hydrogens (tertiary/aromatic N) is 2. The molecule has 0 unspecified atom stereocenters. The summed E-state index contributed by atoms with van der Waals surface area (Å²) in [5, 5.41) is 9.25. The average Bonchev–Trinajstić information content (AvgIpc) is 2.57. The minimum absolute atomic E-state index is 0. The van der Waals surface area contributed by atoms with Crippen LogP contribution in [-0.4, -0.2) is 68.4 Å². The minimum atomic E-state index is -0.471. The summed E-state index contributed by atoms with van der Waals surface area (Å²) in [5.74, 6) is 1.60. The number of amides is 1. The van der Waals surface area contributed by atoms with E-state index in [2.05, 4.69) is 39.7 Å². The molecule has 0 spiro atoms. The number of rotatable bonds is 8. The van der Waals surface area contributed by atoms with Crippen molar-refractivity contribution >= 4 is 36.0 Å². The lowest BCUT2D eigenvalue weighted by Gasteiger charge is -2.30. The summed E-state index contributed by atoms with van der Waals surface area (Å²) in [6, 6.07) is 0. The molecule has 0 aliphatic carbocycles. The van der Waals surface area contributed by atoms with E-state index in [1.807, 2.05) is 20.8 Å². The van der Waals surface area contributed by atoms with Crippen molar-refractivity contribution in [2.45, 2.75) is 59.5 Å². The summed E-state index contributed by atoms with van der Waals surface area (Å²) in [7, 11) is 0. The van der Waals surface area contributed by atoms with E-state index in [9.17, 15) is 4.79 Å². The first-order valence-electron chi connectivity index (χ1n) is 10.1. The van der Waals surface area contributed by atoms with Gasteiger partial charge in [-0.1, -0.05) is 6.92 Å². The average molecular weight is 497 g/mol. The largest absolute Gasteiger partial charge is 0.444 e. The summed E-state index contributed by atoms with van der Waals surface area (Å²) >= 11 is 0. The van der Waals surface area contributed by atoms with Crippen LogP contribution in [0.15, 0.2) is 4.99 Å². The number of hydrogen-bond donors (Lipinski definition) is 3. The van der Waals surface area contributed by atoms with Gasteiger partial charge in [0.15, 0.2) is 5.96 Å². The molecule has 3 N–H and O–H groups in total. The first kappa shape index (κ1) is 26.2. The third-order valence-corrected chi connectivity index (χ3v) is 4.39. The van der Waals surface area contributed by atoms with Crippen molar-refractivity contribution in [3.05, 3.63) is 0 Å². The fraction of sp³-hybridized carbons (Fsp3) is 0.895. The van der Waals surface area contributed by atoms with Crippen molar-refractivity contribution in [1.82, 2.24) is 20.9 Å². The lowest BCUT2D eigenvalue weighted by molar-refractivity contribution is 0.0529. The van der Waals surface area contributed by atoms with Crippen molar-refractivity contribution in [3.63, 3.8) is 0 Å². The Morgan fingerprint density at radius 2 is 1.74 bits per heavy atom. The molecule has 27 heavy (non-hydrogen) atoms. The highest BCUT2D eigenvalue weighted by atomic mass is 127. The lowest BCUT2D eigenvalue weighted by Crippen LogP contribution is -2.42. The van der Waals surface area contributed by atoms with E-state index in [0.717, 1.165) is 37.9 Å². The third kappa shape index (κ3) is 13.1. The highest BCUT2D eigenvalue weighted by Gasteiger charge is 2.17. The molecular weight excluding hydrogens is 457 g/mol. The molecule has 1 fully saturated rings. The van der Waals surface area contributed by atoms with E-state index >= 15 is 0 Å². The molecular formula is C19H40IN5O2. The summed E-state index contributed by atoms with van der Waals surface area (Å²) in [4.78, 5) is 18.8. The molecule has 160 valence electrons. The van der Waals surface area contributed by atoms with E-state index in [0.29, 0.717) is 13.1 Å². The number of ether oxygens (including phenoxy) is 1. The molecule has 1 rings (SSSR count). The number of piperidine rings is 1. The molecule has 0 radical (unpaired) electrons. The second kappa shape index (κ2) is 14.3. The van der Waals surface area contributed by atoms with Gasteiger partial charge in [-0.05, 0) is 72.5 Å². The number of guanidine groups is 1. The predicted octanol–water partition coefficient (Wildman–Crippen LogP) is 2.81. The van der Waals surface area contributed by atoms with Gasteiger partial charge in [0, 0.05) is 26.2 Å². The first-order valence-corrected chi connectivity index (χ1v) is 10.1. The van der Waals surface area contributed by atoms with Crippen molar-refractivity contribution in [1.29, 1.82) is 0 Å². The van der Waals surface area contributed by atoms with E-state index in [4.69, 9.17) is 4.74 Å². The highest BCUT2D eigenvalue weighted by molar-refractivity contribution is 14.0. The number of alkyl carbamates (subject to hydrolysis) is 1. The van der Waals surface area contributed by atoms with E-state index in [1.165, 1.54) is 25.9 Å². The smallest absolute Gasteiger partial charge is 0.407 e. The summed E-state index contributed by atoms with van der Waals surface area (Å²) in [6.45, 7) is 16.2. The van der Waals surface area contributed by atoms with Gasteiger partial charge in [0.05, 0.1) is 0 Å². The molecule has 1 aliphatic heterocycles. The zero-order chi connectivity index (χ0) is 19.4. The van der Waals surface area contributed by atoms with Crippen LogP contribution in [0, 0.1) is 5.92 Å². The molecule has 8 heteroatoms. The van der Waals surface area contributed by atoms with Gasteiger partial charge in [-0.15, -0.1) is 24.0 Å². The monoisotopic (exact) mass is 497 g/mol. The van der Waals surface area contributed by atoms with Crippen LogP contribution in [0.2, 0.25) is 0 Å². The van der Waals surface area contributed by atoms with Crippen molar-refractivity contribution in [3.8, 4) is 0 Å². The van der Waals surface area contributed by atoms with Crippen LogP contribution in [0.1, 0.15) is 53.9 Å². The molecule has 0 aromatic carbocycles. The van der Waals surface area contributed by atoms with Crippen molar-refractivity contribution < 1.29 is 9.53 Å². The zero-order valence-electron chi connectivity index (χ0n) is 17.8. The summed E-state index contributed by atoms with van der Waals surface area (Å²) < 4.78 is 5.21. The van der Waals surface area contributed by atoms with Gasteiger partial charge in [0.1, 0.15) is 5.60 Å². The van der Waals surface area contributed by atoms with Gasteiger partial charge in [-0.3, -0.25) is 4.99 Å². The minimum Gasteiger partial charge on any atom is -0.444 e. The van der Waals surface area contributed by atoms with E-state index in [1.54, 1.807) is 0 Å². The van der Waals surface area contributed by atoms with Crippen LogP contribution in [-0.2, 0) is 4.74 Å². The van der Waals surface area contributed by atoms with Gasteiger partial charge < -0.3 is 25.6 Å². The number of carbonyl (C=O) groups is 1. The number of aliphatic imine (C=N–C) groups is 1. The topological polar surface area (TPSA) is 78.0 Å². The molecule has 0 bridgehead atoms. The lowest BCUT2D eigenvalue weighted by atomic mass is 9.94. The van der Waals surface area contributed by atoms with Crippen LogP contribution in [0.4, 0.5) is 4.79 Å². The second-order valence-corrected chi connectivity index (χ2v) is 7.78. The fourth-order valence-electron chi connectivity index (χ4n) is 2.95. The Hall–Kier alpha value is -0.770. The van der Waals surface area contributed by atoms with Crippen molar-refractivity contribution in [2.75, 3.05) is 45.8 Å². The van der Waals surface area contributed by atoms with Gasteiger partial charge in [-0.25, -0.2) is 4.79 Å². The Labute approximate surface area is 182 Å². The van der Waals surface area contributed by atoms with Crippen molar-refractivity contribution in [2.24, 2.45) is 10.9 Å². The maximum atomic E-state index is 11.6. The Morgan fingerprint density at radius 1 is 1.11 bits per heavy atom. The van der Waals surface area contributed by atoms with Crippen LogP contribution in [0.25, 0.3) is 0 Å². The standard InChI is InChI=1S/C19H39N5O2.HI/c1-6-20-17(22-12-13-23-18(25)26-19(3,4)5)21-11-8-16-9-14-24(7-2)15-10-16;/h16H,6-15H2,1-5H3,(H,23,25)(H2,20,21,22);1H. The first-order chi connectivity index (χ1) is 12.3. The molecule has 0 saturated carbocycles. The third-order valence-electron chi connectivity index (χ3n) is 4.39. The van der Waals surface area contributed by atoms with Gasteiger partial charge >= 0.3 is 6.09 Å². The number of nitrogens with one attached hydrogen (secondary N) is 3. The maximum absolute atomic E-state index is 11.6.